The summed E-state index contributed by atoms with van der Waals surface area (Å²) >= 11 is 0. The SMILES string of the molecule is Cc1c(C#N)ccc2c1OCO2. The highest BCUT2D eigenvalue weighted by Gasteiger charge is 2.17. The van der Waals surface area contributed by atoms with Gasteiger partial charge in [0.15, 0.2) is 11.5 Å². The van der Waals surface area contributed by atoms with E-state index in [1.54, 1.807) is 12.1 Å². The highest BCUT2D eigenvalue weighted by Crippen LogP contribution is 2.36. The maximum absolute atomic E-state index is 8.70. The van der Waals surface area contributed by atoms with Crippen molar-refractivity contribution >= 4 is 0 Å². The average molecular weight is 161 g/mol. The molecular weight excluding hydrogens is 154 g/mol. The molecule has 0 N–H and O–H groups in total. The molecule has 1 aliphatic rings. The Bertz CT molecular complexity index is 366. The van der Waals surface area contributed by atoms with Crippen molar-refractivity contribution in [2.24, 2.45) is 0 Å². The summed E-state index contributed by atoms with van der Waals surface area (Å²) in [4.78, 5) is 0. The summed E-state index contributed by atoms with van der Waals surface area (Å²) in [7, 11) is 0. The van der Waals surface area contributed by atoms with Crippen LogP contribution >= 0.6 is 0 Å². The number of nitriles is 1. The molecule has 0 fully saturated rings. The first kappa shape index (κ1) is 6.99. The molecule has 1 aromatic carbocycles. The largest absolute Gasteiger partial charge is 0.454 e. The standard InChI is InChI=1S/C9H7NO2/c1-6-7(4-10)2-3-8-9(6)12-5-11-8/h2-3H,5H2,1H3. The van der Waals surface area contributed by atoms with E-state index in [-0.39, 0.29) is 6.79 Å². The molecule has 0 aromatic heterocycles. The van der Waals surface area contributed by atoms with Crippen LogP contribution in [0.4, 0.5) is 0 Å². The first-order chi connectivity index (χ1) is 5.83. The van der Waals surface area contributed by atoms with Gasteiger partial charge >= 0.3 is 0 Å². The molecule has 3 nitrogen and oxygen atoms in total. The lowest BCUT2D eigenvalue weighted by Crippen LogP contribution is -1.93. The van der Waals surface area contributed by atoms with Crippen LogP contribution in [0.1, 0.15) is 11.1 Å². The molecule has 0 aliphatic carbocycles. The van der Waals surface area contributed by atoms with Gasteiger partial charge in [-0.3, -0.25) is 0 Å². The summed E-state index contributed by atoms with van der Waals surface area (Å²) < 4.78 is 10.3. The van der Waals surface area contributed by atoms with Gasteiger partial charge in [0.2, 0.25) is 6.79 Å². The summed E-state index contributed by atoms with van der Waals surface area (Å²) in [5.74, 6) is 1.43. The van der Waals surface area contributed by atoms with Gasteiger partial charge in [-0.25, -0.2) is 0 Å². The predicted molar refractivity (Wildman–Crippen MR) is 42.0 cm³/mol. The lowest BCUT2D eigenvalue weighted by atomic mass is 10.1. The summed E-state index contributed by atoms with van der Waals surface area (Å²) in [5.41, 5.74) is 1.49. The van der Waals surface area contributed by atoms with Gasteiger partial charge in [-0.15, -0.1) is 0 Å². The fourth-order valence-corrected chi connectivity index (χ4v) is 1.23. The van der Waals surface area contributed by atoms with E-state index in [2.05, 4.69) is 6.07 Å². The minimum atomic E-state index is 0.255. The second-order valence-electron chi connectivity index (χ2n) is 2.58. The van der Waals surface area contributed by atoms with Crippen LogP contribution in [0.5, 0.6) is 11.5 Å². The first-order valence-corrected chi connectivity index (χ1v) is 3.62. The van der Waals surface area contributed by atoms with Crippen molar-refractivity contribution in [3.05, 3.63) is 23.3 Å². The molecule has 0 spiro atoms. The molecule has 1 aliphatic heterocycles. The zero-order valence-corrected chi connectivity index (χ0v) is 6.63. The highest BCUT2D eigenvalue weighted by atomic mass is 16.7. The first-order valence-electron chi connectivity index (χ1n) is 3.62. The quantitative estimate of drug-likeness (QED) is 0.580. The van der Waals surface area contributed by atoms with Gasteiger partial charge in [0.05, 0.1) is 11.6 Å². The van der Waals surface area contributed by atoms with Crippen molar-refractivity contribution in [2.75, 3.05) is 6.79 Å². The lowest BCUT2D eigenvalue weighted by Gasteiger charge is -2.00. The van der Waals surface area contributed by atoms with Crippen LogP contribution in [0.2, 0.25) is 0 Å². The zero-order valence-electron chi connectivity index (χ0n) is 6.63. The molecule has 12 heavy (non-hydrogen) atoms. The number of ether oxygens (including phenoxy) is 2. The number of fused-ring (bicyclic) bond motifs is 1. The Labute approximate surface area is 70.1 Å². The molecule has 2 rings (SSSR count). The van der Waals surface area contributed by atoms with Crippen molar-refractivity contribution in [3.63, 3.8) is 0 Å². The van der Waals surface area contributed by atoms with E-state index in [9.17, 15) is 0 Å². The maximum atomic E-state index is 8.70. The Morgan fingerprint density at radius 1 is 1.42 bits per heavy atom. The van der Waals surface area contributed by atoms with Gasteiger partial charge in [0.1, 0.15) is 0 Å². The number of hydrogen-bond donors (Lipinski definition) is 0. The Kier molecular flexibility index (Phi) is 1.41. The number of nitrogens with zero attached hydrogens (tertiary/aromatic N) is 1. The minimum absolute atomic E-state index is 0.255. The van der Waals surface area contributed by atoms with E-state index >= 15 is 0 Å². The molecule has 0 radical (unpaired) electrons. The van der Waals surface area contributed by atoms with Crippen molar-refractivity contribution in [1.82, 2.24) is 0 Å². The van der Waals surface area contributed by atoms with Crippen LogP contribution in [0.15, 0.2) is 12.1 Å². The third-order valence-corrected chi connectivity index (χ3v) is 1.91. The van der Waals surface area contributed by atoms with Gasteiger partial charge in [-0.05, 0) is 19.1 Å². The second-order valence-corrected chi connectivity index (χ2v) is 2.58. The summed E-state index contributed by atoms with van der Waals surface area (Å²) in [6.07, 6.45) is 0. The zero-order chi connectivity index (χ0) is 8.55. The minimum Gasteiger partial charge on any atom is -0.454 e. The lowest BCUT2D eigenvalue weighted by molar-refractivity contribution is 0.173. The van der Waals surface area contributed by atoms with E-state index < -0.39 is 0 Å². The normalized spacial score (nSPS) is 12.7. The van der Waals surface area contributed by atoms with E-state index in [1.807, 2.05) is 6.92 Å². The van der Waals surface area contributed by atoms with E-state index in [4.69, 9.17) is 14.7 Å². The third kappa shape index (κ3) is 0.817. The molecule has 60 valence electrons. The molecule has 0 bridgehead atoms. The van der Waals surface area contributed by atoms with Crippen molar-refractivity contribution < 1.29 is 9.47 Å². The molecule has 0 unspecified atom stereocenters. The molecule has 0 atom stereocenters. The van der Waals surface area contributed by atoms with Crippen molar-refractivity contribution in [2.45, 2.75) is 6.92 Å². The van der Waals surface area contributed by atoms with Crippen LogP contribution in [-0.4, -0.2) is 6.79 Å². The molecule has 1 aromatic rings. The number of benzene rings is 1. The Hall–Kier alpha value is -1.69. The average Bonchev–Trinajstić information content (AvgIpc) is 2.53. The Morgan fingerprint density at radius 3 is 3.00 bits per heavy atom. The maximum Gasteiger partial charge on any atom is 0.231 e. The van der Waals surface area contributed by atoms with Crippen LogP contribution in [0, 0.1) is 18.3 Å². The fourth-order valence-electron chi connectivity index (χ4n) is 1.23. The van der Waals surface area contributed by atoms with E-state index in [1.165, 1.54) is 0 Å². The molecule has 0 saturated heterocycles. The monoisotopic (exact) mass is 161 g/mol. The fraction of sp³-hybridized carbons (Fsp3) is 0.222. The van der Waals surface area contributed by atoms with E-state index in [0.717, 1.165) is 11.3 Å². The van der Waals surface area contributed by atoms with Crippen molar-refractivity contribution in [1.29, 1.82) is 5.26 Å². The van der Waals surface area contributed by atoms with Gasteiger partial charge in [-0.2, -0.15) is 5.26 Å². The topological polar surface area (TPSA) is 42.2 Å². The summed E-state index contributed by atoms with van der Waals surface area (Å²) in [5, 5.41) is 8.70. The van der Waals surface area contributed by atoms with Crippen molar-refractivity contribution in [3.8, 4) is 17.6 Å². The predicted octanol–water partition coefficient (Wildman–Crippen LogP) is 1.60. The molecular formula is C9H7NO2. The van der Waals surface area contributed by atoms with Gasteiger partial charge in [-0.1, -0.05) is 0 Å². The van der Waals surface area contributed by atoms with Gasteiger partial charge < -0.3 is 9.47 Å². The molecule has 3 heteroatoms. The Balaban J connectivity index is 2.63. The number of rotatable bonds is 0. The van der Waals surface area contributed by atoms with Crippen LogP contribution in [0.25, 0.3) is 0 Å². The molecule has 1 heterocycles. The van der Waals surface area contributed by atoms with Gasteiger partial charge in [0, 0.05) is 5.56 Å². The number of hydrogen-bond acceptors (Lipinski definition) is 3. The molecule has 0 amide bonds. The second kappa shape index (κ2) is 2.42. The van der Waals surface area contributed by atoms with Crippen LogP contribution in [0.3, 0.4) is 0 Å². The smallest absolute Gasteiger partial charge is 0.231 e. The summed E-state index contributed by atoms with van der Waals surface area (Å²) in [6, 6.07) is 5.59. The van der Waals surface area contributed by atoms with Gasteiger partial charge in [0.25, 0.3) is 0 Å². The van der Waals surface area contributed by atoms with Crippen LogP contribution < -0.4 is 9.47 Å². The highest BCUT2D eigenvalue weighted by molar-refractivity contribution is 5.54. The van der Waals surface area contributed by atoms with E-state index in [0.29, 0.717) is 11.3 Å². The van der Waals surface area contributed by atoms with Crippen LogP contribution in [-0.2, 0) is 0 Å². The third-order valence-electron chi connectivity index (χ3n) is 1.91. The molecule has 0 saturated carbocycles. The summed E-state index contributed by atoms with van der Waals surface area (Å²) in [6.45, 7) is 2.11. The Morgan fingerprint density at radius 2 is 2.25 bits per heavy atom.